The minimum absolute atomic E-state index is 0.191. The molecule has 5 nitrogen and oxygen atoms in total. The van der Waals surface area contributed by atoms with Crippen molar-refractivity contribution in [2.24, 2.45) is 0 Å². The number of ether oxygens (including phenoxy) is 1. The van der Waals surface area contributed by atoms with Gasteiger partial charge in [-0.05, 0) is 55.0 Å². The minimum atomic E-state index is -0.351. The number of para-hydroxylation sites is 1. The van der Waals surface area contributed by atoms with E-state index in [9.17, 15) is 9.59 Å². The van der Waals surface area contributed by atoms with Crippen LogP contribution < -0.4 is 15.4 Å². The quantitative estimate of drug-likeness (QED) is 0.623. The Morgan fingerprint density at radius 3 is 2.36 bits per heavy atom. The van der Waals surface area contributed by atoms with Crippen LogP contribution in [0.5, 0.6) is 5.75 Å². The fraction of sp³-hybridized carbons (Fsp3) is 0.0909. The number of halogens is 1. The SMILES string of the molecule is Cc1cccc(NC(=O)c2cccc(NC(=O)COc3ccccc3Cl)c2)c1. The van der Waals surface area contributed by atoms with Gasteiger partial charge in [-0.1, -0.05) is 41.9 Å². The summed E-state index contributed by atoms with van der Waals surface area (Å²) in [6.07, 6.45) is 0. The zero-order valence-electron chi connectivity index (χ0n) is 15.2. The van der Waals surface area contributed by atoms with Crippen LogP contribution in [0.1, 0.15) is 15.9 Å². The molecular weight excluding hydrogens is 376 g/mol. The van der Waals surface area contributed by atoms with Crippen LogP contribution in [0.15, 0.2) is 72.8 Å². The van der Waals surface area contributed by atoms with E-state index in [2.05, 4.69) is 10.6 Å². The van der Waals surface area contributed by atoms with E-state index in [0.29, 0.717) is 27.7 Å². The van der Waals surface area contributed by atoms with Gasteiger partial charge < -0.3 is 15.4 Å². The molecule has 0 aliphatic carbocycles. The third-order valence-electron chi connectivity index (χ3n) is 3.88. The van der Waals surface area contributed by atoms with Crippen LogP contribution >= 0.6 is 11.6 Å². The molecule has 6 heteroatoms. The normalized spacial score (nSPS) is 10.2. The molecule has 0 bridgehead atoms. The molecule has 3 aromatic carbocycles. The van der Waals surface area contributed by atoms with E-state index >= 15 is 0 Å². The molecule has 0 radical (unpaired) electrons. The van der Waals surface area contributed by atoms with Gasteiger partial charge in [0.1, 0.15) is 5.75 Å². The van der Waals surface area contributed by atoms with Crippen LogP contribution in [0, 0.1) is 6.92 Å². The van der Waals surface area contributed by atoms with Gasteiger partial charge in [-0.25, -0.2) is 0 Å². The lowest BCUT2D eigenvalue weighted by molar-refractivity contribution is -0.118. The first-order valence-electron chi connectivity index (χ1n) is 8.66. The lowest BCUT2D eigenvalue weighted by Gasteiger charge is -2.10. The highest BCUT2D eigenvalue weighted by molar-refractivity contribution is 6.32. The molecule has 3 rings (SSSR count). The van der Waals surface area contributed by atoms with Crippen molar-refractivity contribution >= 4 is 34.8 Å². The van der Waals surface area contributed by atoms with Gasteiger partial charge in [0.25, 0.3) is 11.8 Å². The second-order valence-electron chi connectivity index (χ2n) is 6.17. The Morgan fingerprint density at radius 2 is 1.61 bits per heavy atom. The number of carbonyl (C=O) groups is 2. The van der Waals surface area contributed by atoms with Gasteiger partial charge >= 0.3 is 0 Å². The van der Waals surface area contributed by atoms with Crippen LogP contribution in [0.2, 0.25) is 5.02 Å². The maximum absolute atomic E-state index is 12.4. The number of hydrogen-bond acceptors (Lipinski definition) is 3. The summed E-state index contributed by atoms with van der Waals surface area (Å²) in [6, 6.07) is 21.2. The Hall–Kier alpha value is -3.31. The van der Waals surface area contributed by atoms with Crippen molar-refractivity contribution in [3.63, 3.8) is 0 Å². The lowest BCUT2D eigenvalue weighted by Crippen LogP contribution is -2.20. The Balaban J connectivity index is 1.60. The molecule has 0 atom stereocenters. The summed E-state index contributed by atoms with van der Waals surface area (Å²) in [5.74, 6) is -0.171. The second kappa shape index (κ2) is 9.06. The van der Waals surface area contributed by atoms with E-state index in [1.165, 1.54) is 0 Å². The van der Waals surface area contributed by atoms with Crippen molar-refractivity contribution in [3.8, 4) is 5.75 Å². The molecule has 0 aliphatic rings. The predicted octanol–water partition coefficient (Wildman–Crippen LogP) is 4.92. The summed E-state index contributed by atoms with van der Waals surface area (Å²) in [5.41, 5.74) is 2.71. The van der Waals surface area contributed by atoms with Crippen LogP contribution in [0.25, 0.3) is 0 Å². The maximum atomic E-state index is 12.4. The number of benzene rings is 3. The van der Waals surface area contributed by atoms with E-state index in [1.54, 1.807) is 48.5 Å². The number of carbonyl (C=O) groups excluding carboxylic acids is 2. The first-order valence-corrected chi connectivity index (χ1v) is 9.04. The van der Waals surface area contributed by atoms with Crippen LogP contribution in [0.4, 0.5) is 11.4 Å². The summed E-state index contributed by atoms with van der Waals surface area (Å²) in [5, 5.41) is 5.99. The van der Waals surface area contributed by atoms with Crippen molar-refractivity contribution in [2.45, 2.75) is 6.92 Å². The van der Waals surface area contributed by atoms with E-state index in [-0.39, 0.29) is 18.4 Å². The Kier molecular flexibility index (Phi) is 6.29. The Bertz CT molecular complexity index is 1000. The smallest absolute Gasteiger partial charge is 0.262 e. The van der Waals surface area contributed by atoms with Crippen molar-refractivity contribution < 1.29 is 14.3 Å². The van der Waals surface area contributed by atoms with Gasteiger partial charge in [-0.3, -0.25) is 9.59 Å². The molecule has 2 amide bonds. The molecule has 0 aliphatic heterocycles. The zero-order valence-corrected chi connectivity index (χ0v) is 16.0. The number of rotatable bonds is 6. The average molecular weight is 395 g/mol. The number of nitrogens with one attached hydrogen (secondary N) is 2. The zero-order chi connectivity index (χ0) is 19.9. The molecule has 0 spiro atoms. The fourth-order valence-electron chi connectivity index (χ4n) is 2.57. The highest BCUT2D eigenvalue weighted by Gasteiger charge is 2.10. The average Bonchev–Trinajstić information content (AvgIpc) is 2.67. The monoisotopic (exact) mass is 394 g/mol. The number of aryl methyl sites for hydroxylation is 1. The largest absolute Gasteiger partial charge is 0.482 e. The van der Waals surface area contributed by atoms with Crippen LogP contribution in [0.3, 0.4) is 0 Å². The van der Waals surface area contributed by atoms with Crippen molar-refractivity contribution in [1.82, 2.24) is 0 Å². The van der Waals surface area contributed by atoms with Crippen molar-refractivity contribution in [2.75, 3.05) is 17.2 Å². The summed E-state index contributed by atoms with van der Waals surface area (Å²) in [4.78, 5) is 24.6. The summed E-state index contributed by atoms with van der Waals surface area (Å²) in [7, 11) is 0. The fourth-order valence-corrected chi connectivity index (χ4v) is 2.76. The first kappa shape index (κ1) is 19.5. The van der Waals surface area contributed by atoms with Gasteiger partial charge in [0, 0.05) is 16.9 Å². The molecule has 0 heterocycles. The predicted molar refractivity (Wildman–Crippen MR) is 111 cm³/mol. The summed E-state index contributed by atoms with van der Waals surface area (Å²) >= 11 is 6.00. The first-order chi connectivity index (χ1) is 13.5. The van der Waals surface area contributed by atoms with Crippen LogP contribution in [-0.2, 0) is 4.79 Å². The molecule has 3 aromatic rings. The summed E-state index contributed by atoms with van der Waals surface area (Å²) in [6.45, 7) is 1.76. The van der Waals surface area contributed by atoms with E-state index < -0.39 is 0 Å². The number of hydrogen-bond donors (Lipinski definition) is 2. The molecule has 0 fully saturated rings. The molecular formula is C22H19ClN2O3. The molecule has 28 heavy (non-hydrogen) atoms. The Labute approximate surface area is 168 Å². The summed E-state index contributed by atoms with van der Waals surface area (Å²) < 4.78 is 5.42. The number of anilines is 2. The molecule has 2 N–H and O–H groups in total. The van der Waals surface area contributed by atoms with E-state index in [4.69, 9.17) is 16.3 Å². The number of amides is 2. The lowest BCUT2D eigenvalue weighted by atomic mass is 10.1. The highest BCUT2D eigenvalue weighted by Crippen LogP contribution is 2.23. The molecule has 142 valence electrons. The van der Waals surface area contributed by atoms with Gasteiger partial charge in [-0.2, -0.15) is 0 Å². The second-order valence-corrected chi connectivity index (χ2v) is 6.58. The molecule has 0 unspecified atom stereocenters. The van der Waals surface area contributed by atoms with Gasteiger partial charge in [-0.15, -0.1) is 0 Å². The van der Waals surface area contributed by atoms with E-state index in [1.807, 2.05) is 31.2 Å². The van der Waals surface area contributed by atoms with Crippen LogP contribution in [-0.4, -0.2) is 18.4 Å². The van der Waals surface area contributed by atoms with Gasteiger partial charge in [0.05, 0.1) is 5.02 Å². The van der Waals surface area contributed by atoms with Crippen molar-refractivity contribution in [3.05, 3.63) is 88.9 Å². The van der Waals surface area contributed by atoms with Crippen molar-refractivity contribution in [1.29, 1.82) is 0 Å². The molecule has 0 saturated heterocycles. The third kappa shape index (κ3) is 5.34. The molecule has 0 aromatic heterocycles. The molecule has 0 saturated carbocycles. The highest BCUT2D eigenvalue weighted by atomic mass is 35.5. The minimum Gasteiger partial charge on any atom is -0.482 e. The third-order valence-corrected chi connectivity index (χ3v) is 4.19. The standard InChI is InChI=1S/C22H19ClN2O3/c1-15-6-4-8-17(12-15)25-22(27)16-7-5-9-18(13-16)24-21(26)14-28-20-11-3-2-10-19(20)23/h2-13H,14H2,1H3,(H,24,26)(H,25,27). The Morgan fingerprint density at radius 1 is 0.893 bits per heavy atom. The van der Waals surface area contributed by atoms with Gasteiger partial charge in [0.2, 0.25) is 0 Å². The topological polar surface area (TPSA) is 67.4 Å². The van der Waals surface area contributed by atoms with Gasteiger partial charge in [0.15, 0.2) is 6.61 Å². The maximum Gasteiger partial charge on any atom is 0.262 e. The van der Waals surface area contributed by atoms with E-state index in [0.717, 1.165) is 5.56 Å².